The number of aryl methyl sites for hydroxylation is 2. The van der Waals surface area contributed by atoms with E-state index in [-0.39, 0.29) is 0 Å². The van der Waals surface area contributed by atoms with Gasteiger partial charge in [-0.1, -0.05) is 6.92 Å². The van der Waals surface area contributed by atoms with Gasteiger partial charge in [-0.25, -0.2) is 4.68 Å². The zero-order chi connectivity index (χ0) is 14.3. The van der Waals surface area contributed by atoms with Crippen molar-refractivity contribution in [2.75, 3.05) is 7.11 Å². The Bertz CT molecular complexity index is 810. The average molecular weight is 288 g/mol. The van der Waals surface area contributed by atoms with Crippen LogP contribution in [-0.2, 0) is 13.5 Å². The number of nitrogens with zero attached hydrogens (tertiary/aromatic N) is 3. The molecule has 3 aromatic rings. The fourth-order valence-corrected chi connectivity index (χ4v) is 2.73. The number of benzene rings is 1. The van der Waals surface area contributed by atoms with E-state index in [0.29, 0.717) is 4.77 Å². The Morgan fingerprint density at radius 1 is 1.30 bits per heavy atom. The second-order valence-corrected chi connectivity index (χ2v) is 4.97. The fraction of sp³-hybridized carbons (Fsp3) is 0.286. The molecule has 0 aliphatic rings. The summed E-state index contributed by atoms with van der Waals surface area (Å²) in [5.41, 5.74) is 4.02. The van der Waals surface area contributed by atoms with Gasteiger partial charge >= 0.3 is 0 Å². The summed E-state index contributed by atoms with van der Waals surface area (Å²) in [6.45, 7) is 2.09. The number of H-pyrrole nitrogens is 1. The summed E-state index contributed by atoms with van der Waals surface area (Å²) in [6, 6.07) is 7.82. The van der Waals surface area contributed by atoms with Crippen LogP contribution in [0.5, 0.6) is 5.75 Å². The predicted molar refractivity (Wildman–Crippen MR) is 81.2 cm³/mol. The Balaban J connectivity index is 2.27. The van der Waals surface area contributed by atoms with Crippen molar-refractivity contribution in [2.45, 2.75) is 13.3 Å². The number of methoxy groups -OCH3 is 1. The number of fused-ring (bicyclic) bond motifs is 1. The number of imidazole rings is 1. The smallest absolute Gasteiger partial charge is 0.184 e. The van der Waals surface area contributed by atoms with Crippen molar-refractivity contribution in [2.24, 2.45) is 7.05 Å². The molecule has 0 unspecified atom stereocenters. The molecule has 0 aliphatic heterocycles. The second-order valence-electron chi connectivity index (χ2n) is 4.59. The van der Waals surface area contributed by atoms with Gasteiger partial charge < -0.3 is 9.72 Å². The lowest BCUT2D eigenvalue weighted by atomic mass is 10.3. The van der Waals surface area contributed by atoms with E-state index in [1.165, 1.54) is 0 Å². The highest BCUT2D eigenvalue weighted by atomic mass is 32.1. The summed E-state index contributed by atoms with van der Waals surface area (Å²) in [4.78, 5) is 3.26. The van der Waals surface area contributed by atoms with Crippen molar-refractivity contribution < 1.29 is 4.74 Å². The number of hydrogen-bond acceptors (Lipinski definition) is 3. The second kappa shape index (κ2) is 4.79. The quantitative estimate of drug-likeness (QED) is 0.754. The molecule has 2 aromatic heterocycles. The van der Waals surface area contributed by atoms with Crippen LogP contribution < -0.4 is 4.74 Å². The molecule has 20 heavy (non-hydrogen) atoms. The van der Waals surface area contributed by atoms with Gasteiger partial charge in [0.2, 0.25) is 0 Å². The standard InChI is InChI=1S/C14H16N4OS/c1-4-11-12-13(17(2)16-11)18(14(20)15-12)9-5-7-10(19-3)8-6-9/h5-8H,4H2,1-3H3,(H,15,20). The van der Waals surface area contributed by atoms with Gasteiger partial charge in [0, 0.05) is 7.05 Å². The third-order valence-corrected chi connectivity index (χ3v) is 3.69. The molecule has 0 atom stereocenters. The molecule has 1 aromatic carbocycles. The molecule has 2 heterocycles. The first-order valence-corrected chi connectivity index (χ1v) is 6.87. The molecule has 5 nitrogen and oxygen atoms in total. The molecule has 3 rings (SSSR count). The van der Waals surface area contributed by atoms with Crippen LogP contribution in [0.4, 0.5) is 0 Å². The van der Waals surface area contributed by atoms with E-state index in [1.807, 2.05) is 40.6 Å². The largest absolute Gasteiger partial charge is 0.497 e. The van der Waals surface area contributed by atoms with Gasteiger partial charge in [-0.2, -0.15) is 5.10 Å². The summed E-state index contributed by atoms with van der Waals surface area (Å²) in [7, 11) is 3.59. The summed E-state index contributed by atoms with van der Waals surface area (Å²) in [5, 5.41) is 4.52. The SMILES string of the molecule is CCc1nn(C)c2c1[nH]c(=S)n2-c1ccc(OC)cc1. The van der Waals surface area contributed by atoms with Gasteiger partial charge in [0.25, 0.3) is 0 Å². The summed E-state index contributed by atoms with van der Waals surface area (Å²) in [5.74, 6) is 0.825. The molecule has 0 radical (unpaired) electrons. The Morgan fingerprint density at radius 3 is 2.60 bits per heavy atom. The lowest BCUT2D eigenvalue weighted by Crippen LogP contribution is -2.01. The first kappa shape index (κ1) is 12.9. The lowest BCUT2D eigenvalue weighted by Gasteiger charge is -2.06. The van der Waals surface area contributed by atoms with Crippen molar-refractivity contribution in [3.8, 4) is 11.4 Å². The predicted octanol–water partition coefficient (Wildman–Crippen LogP) is 2.99. The minimum absolute atomic E-state index is 0.674. The number of rotatable bonds is 3. The molecule has 0 aliphatic carbocycles. The minimum Gasteiger partial charge on any atom is -0.497 e. The van der Waals surface area contributed by atoms with Crippen molar-refractivity contribution in [1.29, 1.82) is 0 Å². The van der Waals surface area contributed by atoms with Crippen molar-refractivity contribution in [3.63, 3.8) is 0 Å². The van der Waals surface area contributed by atoms with E-state index in [1.54, 1.807) is 7.11 Å². The Hall–Kier alpha value is -2.08. The van der Waals surface area contributed by atoms with Crippen molar-refractivity contribution in [1.82, 2.24) is 19.3 Å². The van der Waals surface area contributed by atoms with E-state index in [9.17, 15) is 0 Å². The first-order valence-electron chi connectivity index (χ1n) is 6.46. The van der Waals surface area contributed by atoms with Gasteiger partial charge in [0.05, 0.1) is 18.5 Å². The van der Waals surface area contributed by atoms with Crippen LogP contribution in [0, 0.1) is 4.77 Å². The maximum atomic E-state index is 5.45. The van der Waals surface area contributed by atoms with Crippen LogP contribution >= 0.6 is 12.2 Å². The van der Waals surface area contributed by atoms with E-state index >= 15 is 0 Å². The fourth-order valence-electron chi connectivity index (χ4n) is 2.43. The summed E-state index contributed by atoms with van der Waals surface area (Å²) in [6.07, 6.45) is 0.870. The first-order chi connectivity index (χ1) is 9.65. The Labute approximate surface area is 121 Å². The number of aromatic amines is 1. The number of ether oxygens (including phenoxy) is 1. The maximum Gasteiger partial charge on any atom is 0.184 e. The number of aromatic nitrogens is 4. The van der Waals surface area contributed by atoms with E-state index < -0.39 is 0 Å². The van der Waals surface area contributed by atoms with Gasteiger partial charge in [0.1, 0.15) is 11.3 Å². The van der Waals surface area contributed by atoms with Crippen LogP contribution in [0.15, 0.2) is 24.3 Å². The van der Waals surface area contributed by atoms with Gasteiger partial charge in [-0.3, -0.25) is 4.57 Å². The third kappa shape index (κ3) is 1.84. The highest BCUT2D eigenvalue weighted by Crippen LogP contribution is 2.23. The zero-order valence-corrected chi connectivity index (χ0v) is 12.5. The normalized spacial score (nSPS) is 11.2. The van der Waals surface area contributed by atoms with Crippen LogP contribution in [0.1, 0.15) is 12.6 Å². The monoisotopic (exact) mass is 288 g/mol. The number of nitrogens with one attached hydrogen (secondary N) is 1. The van der Waals surface area contributed by atoms with Crippen molar-refractivity contribution in [3.05, 3.63) is 34.7 Å². The van der Waals surface area contributed by atoms with Gasteiger partial charge in [0.15, 0.2) is 10.4 Å². The van der Waals surface area contributed by atoms with Crippen LogP contribution in [0.3, 0.4) is 0 Å². The average Bonchev–Trinajstić information content (AvgIpc) is 2.96. The van der Waals surface area contributed by atoms with E-state index in [4.69, 9.17) is 17.0 Å². The Kier molecular flexibility index (Phi) is 3.10. The van der Waals surface area contributed by atoms with Crippen LogP contribution in [0.25, 0.3) is 16.9 Å². The highest BCUT2D eigenvalue weighted by Gasteiger charge is 2.15. The van der Waals surface area contributed by atoms with Crippen molar-refractivity contribution >= 4 is 23.4 Å². The molecule has 0 bridgehead atoms. The highest BCUT2D eigenvalue weighted by molar-refractivity contribution is 7.71. The molecule has 0 saturated carbocycles. The molecule has 0 amide bonds. The van der Waals surface area contributed by atoms with Crippen LogP contribution in [-0.4, -0.2) is 26.4 Å². The van der Waals surface area contributed by atoms with Crippen LogP contribution in [0.2, 0.25) is 0 Å². The van der Waals surface area contributed by atoms with Gasteiger partial charge in [-0.15, -0.1) is 0 Å². The molecule has 1 N–H and O–H groups in total. The molecular formula is C14H16N4OS. The Morgan fingerprint density at radius 2 is 2.00 bits per heavy atom. The zero-order valence-electron chi connectivity index (χ0n) is 11.7. The number of hydrogen-bond donors (Lipinski definition) is 1. The molecule has 0 fully saturated rings. The molecule has 0 spiro atoms. The topological polar surface area (TPSA) is 47.8 Å². The van der Waals surface area contributed by atoms with Gasteiger partial charge in [-0.05, 0) is 42.9 Å². The summed E-state index contributed by atoms with van der Waals surface area (Å²) < 4.78 is 9.72. The maximum absolute atomic E-state index is 5.45. The lowest BCUT2D eigenvalue weighted by molar-refractivity contribution is 0.414. The molecule has 0 saturated heterocycles. The minimum atomic E-state index is 0.674. The van der Waals surface area contributed by atoms with E-state index in [2.05, 4.69) is 17.0 Å². The summed E-state index contributed by atoms with van der Waals surface area (Å²) >= 11 is 5.45. The van der Waals surface area contributed by atoms with E-state index in [0.717, 1.165) is 34.7 Å². The molecular weight excluding hydrogens is 272 g/mol. The molecule has 104 valence electrons. The molecule has 6 heteroatoms. The third-order valence-electron chi connectivity index (χ3n) is 3.40.